The molecule has 3 aliphatic rings. The van der Waals surface area contributed by atoms with E-state index >= 15 is 0 Å². The van der Waals surface area contributed by atoms with Crippen molar-refractivity contribution < 1.29 is 0 Å². The number of anilines is 6. The molecule has 0 saturated carbocycles. The van der Waals surface area contributed by atoms with Crippen molar-refractivity contribution in [1.29, 1.82) is 0 Å². The predicted octanol–water partition coefficient (Wildman–Crippen LogP) is 11.1. The minimum Gasteiger partial charge on any atom is -0.311 e. The van der Waals surface area contributed by atoms with Crippen LogP contribution in [0.3, 0.4) is 0 Å². The maximum atomic E-state index is 2.63. The lowest BCUT2D eigenvalue weighted by atomic mass is 9.33. The Morgan fingerprint density at radius 3 is 1.78 bits per heavy atom. The van der Waals surface area contributed by atoms with Crippen LogP contribution in [0.4, 0.5) is 34.1 Å². The molecule has 6 aromatic rings. The van der Waals surface area contributed by atoms with Crippen LogP contribution in [0.5, 0.6) is 0 Å². The number of rotatable bonds is 3. The molecular formula is C48H47BN2. The second-order valence-corrected chi connectivity index (χ2v) is 17.3. The molecule has 252 valence electrons. The third-order valence-electron chi connectivity index (χ3n) is 12.1. The molecule has 9 rings (SSSR count). The van der Waals surface area contributed by atoms with Crippen LogP contribution in [-0.4, -0.2) is 6.71 Å². The summed E-state index contributed by atoms with van der Waals surface area (Å²) in [5.41, 5.74) is 18.7. The second kappa shape index (κ2) is 11.2. The molecule has 0 bridgehead atoms. The van der Waals surface area contributed by atoms with Gasteiger partial charge < -0.3 is 9.80 Å². The van der Waals surface area contributed by atoms with Gasteiger partial charge in [0.15, 0.2) is 0 Å². The molecule has 6 aromatic carbocycles. The van der Waals surface area contributed by atoms with Gasteiger partial charge in [-0.05, 0) is 116 Å². The summed E-state index contributed by atoms with van der Waals surface area (Å²) >= 11 is 0. The van der Waals surface area contributed by atoms with E-state index in [-0.39, 0.29) is 23.0 Å². The van der Waals surface area contributed by atoms with E-state index in [1.54, 1.807) is 0 Å². The Morgan fingerprint density at radius 1 is 0.510 bits per heavy atom. The highest BCUT2D eigenvalue weighted by Gasteiger charge is 2.46. The van der Waals surface area contributed by atoms with E-state index in [1.807, 2.05) is 0 Å². The molecule has 0 radical (unpaired) electrons. The van der Waals surface area contributed by atoms with Crippen LogP contribution in [-0.2, 0) is 16.2 Å². The normalized spacial score (nSPS) is 16.6. The zero-order chi connectivity index (χ0) is 35.3. The molecule has 2 heterocycles. The Morgan fingerprint density at radius 2 is 1.10 bits per heavy atom. The van der Waals surface area contributed by atoms with E-state index in [4.69, 9.17) is 0 Å². The van der Waals surface area contributed by atoms with Gasteiger partial charge in [-0.1, -0.05) is 133 Å². The van der Waals surface area contributed by atoms with Crippen LogP contribution in [0.15, 0.2) is 133 Å². The van der Waals surface area contributed by atoms with Gasteiger partial charge >= 0.3 is 0 Å². The third kappa shape index (κ3) is 4.92. The van der Waals surface area contributed by atoms with Gasteiger partial charge in [-0.3, -0.25) is 0 Å². The number of fused-ring (bicyclic) bond motifs is 5. The molecule has 0 spiro atoms. The Kier molecular flexibility index (Phi) is 7.04. The lowest BCUT2D eigenvalue weighted by Crippen LogP contribution is -2.61. The van der Waals surface area contributed by atoms with Crippen molar-refractivity contribution in [2.24, 2.45) is 0 Å². The Balaban J connectivity index is 1.41. The average Bonchev–Trinajstić information content (AvgIpc) is 3.13. The van der Waals surface area contributed by atoms with Gasteiger partial charge in [0.25, 0.3) is 6.71 Å². The summed E-state index contributed by atoms with van der Waals surface area (Å²) in [6, 6.07) is 50.4. The first-order valence-electron chi connectivity index (χ1n) is 18.7. The van der Waals surface area contributed by atoms with Crippen LogP contribution in [0.25, 0.3) is 11.1 Å². The van der Waals surface area contributed by atoms with E-state index in [9.17, 15) is 0 Å². The number of benzene rings is 6. The molecule has 3 heteroatoms. The maximum absolute atomic E-state index is 2.63. The molecule has 0 unspecified atom stereocenters. The highest BCUT2D eigenvalue weighted by molar-refractivity contribution is 7.00. The monoisotopic (exact) mass is 662 g/mol. The van der Waals surface area contributed by atoms with Gasteiger partial charge in [-0.15, -0.1) is 0 Å². The van der Waals surface area contributed by atoms with Crippen LogP contribution in [0.1, 0.15) is 78.0 Å². The summed E-state index contributed by atoms with van der Waals surface area (Å²) < 4.78 is 0. The minimum absolute atomic E-state index is 0.0213. The van der Waals surface area contributed by atoms with Crippen molar-refractivity contribution >= 4 is 57.2 Å². The van der Waals surface area contributed by atoms with E-state index < -0.39 is 0 Å². The van der Waals surface area contributed by atoms with Crippen molar-refractivity contribution in [1.82, 2.24) is 0 Å². The van der Waals surface area contributed by atoms with E-state index in [0.717, 1.165) is 0 Å². The van der Waals surface area contributed by atoms with Gasteiger partial charge in [0.1, 0.15) is 0 Å². The van der Waals surface area contributed by atoms with Crippen molar-refractivity contribution in [2.45, 2.75) is 77.6 Å². The first-order chi connectivity index (χ1) is 24.4. The number of para-hydroxylation sites is 2. The molecule has 0 fully saturated rings. The van der Waals surface area contributed by atoms with Gasteiger partial charge in [-0.2, -0.15) is 0 Å². The summed E-state index contributed by atoms with van der Waals surface area (Å²) in [6.45, 7) is 16.9. The maximum Gasteiger partial charge on any atom is 0.252 e. The lowest BCUT2D eigenvalue weighted by Gasteiger charge is -2.47. The number of nitrogens with zero attached hydrogens (tertiary/aromatic N) is 2. The highest BCUT2D eigenvalue weighted by atomic mass is 15.2. The molecule has 0 amide bonds. The minimum atomic E-state index is 0.0213. The van der Waals surface area contributed by atoms with Crippen molar-refractivity contribution in [2.75, 3.05) is 9.80 Å². The summed E-state index contributed by atoms with van der Waals surface area (Å²) in [6.07, 6.45) is 2.37. The Labute approximate surface area is 304 Å². The van der Waals surface area contributed by atoms with Crippen LogP contribution < -0.4 is 26.2 Å². The Bertz CT molecular complexity index is 2310. The fourth-order valence-electron chi connectivity index (χ4n) is 9.11. The fourth-order valence-corrected chi connectivity index (χ4v) is 9.11. The van der Waals surface area contributed by atoms with Crippen molar-refractivity contribution in [3.05, 3.63) is 150 Å². The van der Waals surface area contributed by atoms with Crippen molar-refractivity contribution in [3.8, 4) is 11.1 Å². The van der Waals surface area contributed by atoms with E-state index in [0.29, 0.717) is 0 Å². The molecule has 0 saturated heterocycles. The topological polar surface area (TPSA) is 6.48 Å². The van der Waals surface area contributed by atoms with Crippen molar-refractivity contribution in [3.63, 3.8) is 0 Å². The first-order valence-corrected chi connectivity index (χ1v) is 18.7. The SMILES string of the molecule is CC(C)(C)c1ccc(N2c3cc4c(cc3B3c5ccccc5N(c5ccccc5)c5cccc2c53)C(C)(C)CCC4(C)C)c(-c2ccccc2)c1. The number of hydrogen-bond acceptors (Lipinski definition) is 2. The Hall–Kier alpha value is -5.02. The summed E-state index contributed by atoms with van der Waals surface area (Å²) in [5, 5.41) is 0. The second-order valence-electron chi connectivity index (χ2n) is 17.3. The molecule has 2 aliphatic heterocycles. The first kappa shape index (κ1) is 31.9. The summed E-state index contributed by atoms with van der Waals surface area (Å²) in [7, 11) is 0. The molecule has 0 atom stereocenters. The molecule has 1 aliphatic carbocycles. The highest BCUT2D eigenvalue weighted by Crippen LogP contribution is 2.51. The lowest BCUT2D eigenvalue weighted by molar-refractivity contribution is 0.332. The zero-order valence-electron chi connectivity index (χ0n) is 31.1. The van der Waals surface area contributed by atoms with Crippen LogP contribution in [0.2, 0.25) is 0 Å². The van der Waals surface area contributed by atoms with Gasteiger partial charge in [0.2, 0.25) is 0 Å². The molecule has 2 nitrogen and oxygen atoms in total. The molecular weight excluding hydrogens is 615 g/mol. The van der Waals surface area contributed by atoms with E-state index in [1.165, 1.54) is 91.2 Å². The smallest absolute Gasteiger partial charge is 0.252 e. The molecule has 51 heavy (non-hydrogen) atoms. The standard InChI is InChI=1S/C48H47BN2/c1-46(2,3)33-25-26-40(35(29-33)32-17-10-8-11-18-32)51-43-24-16-23-42-45(43)49(38-21-14-15-22-41(38)50(42)34-19-12-9-13-20-34)39-30-36-37(31-44(39)51)48(6,7)28-27-47(36,4)5/h8-26,29-31H,27-28H2,1-7H3. The predicted molar refractivity (Wildman–Crippen MR) is 220 cm³/mol. The summed E-state index contributed by atoms with van der Waals surface area (Å²) in [4.78, 5) is 5.11. The summed E-state index contributed by atoms with van der Waals surface area (Å²) in [5.74, 6) is 0. The van der Waals surface area contributed by atoms with Gasteiger partial charge in [0.05, 0.1) is 5.69 Å². The number of hydrogen-bond donors (Lipinski definition) is 0. The van der Waals surface area contributed by atoms with Gasteiger partial charge in [0, 0.05) is 34.0 Å². The molecule has 0 N–H and O–H groups in total. The van der Waals surface area contributed by atoms with Crippen LogP contribution in [0, 0.1) is 0 Å². The van der Waals surface area contributed by atoms with E-state index in [2.05, 4.69) is 192 Å². The largest absolute Gasteiger partial charge is 0.311 e. The van der Waals surface area contributed by atoms with Gasteiger partial charge in [-0.25, -0.2) is 0 Å². The van der Waals surface area contributed by atoms with Crippen LogP contribution >= 0.6 is 0 Å². The third-order valence-corrected chi connectivity index (χ3v) is 12.1. The quantitative estimate of drug-likeness (QED) is 0.174. The zero-order valence-corrected chi connectivity index (χ0v) is 31.1. The molecule has 0 aromatic heterocycles. The average molecular weight is 663 g/mol. The fraction of sp³-hybridized carbons (Fsp3) is 0.250.